The lowest BCUT2D eigenvalue weighted by molar-refractivity contribution is 0.134. The number of ether oxygens (including phenoxy) is 1. The number of sulfonamides is 1. The van der Waals surface area contributed by atoms with E-state index in [0.29, 0.717) is 30.0 Å². The number of phenolic OH excluding ortho intramolecular Hbond substituents is 1. The van der Waals surface area contributed by atoms with Gasteiger partial charge in [-0.1, -0.05) is 12.1 Å². The van der Waals surface area contributed by atoms with Crippen molar-refractivity contribution in [3.8, 4) is 5.75 Å². The summed E-state index contributed by atoms with van der Waals surface area (Å²) in [5.74, 6) is 0.0996. The fraction of sp³-hybridized carbons (Fsp3) is 0.250. The summed E-state index contributed by atoms with van der Waals surface area (Å²) >= 11 is 0. The minimum Gasteiger partial charge on any atom is -0.507 e. The van der Waals surface area contributed by atoms with E-state index in [1.807, 2.05) is 0 Å². The number of nitrogens with one attached hydrogen (secondary N) is 1. The van der Waals surface area contributed by atoms with Crippen LogP contribution in [0, 0.1) is 13.8 Å². The third kappa shape index (κ3) is 2.55. The second kappa shape index (κ2) is 5.30. The Morgan fingerprint density at radius 3 is 2.59 bits per heavy atom. The molecular weight excluding hydrogens is 302 g/mol. The molecule has 5 nitrogen and oxygen atoms in total. The highest BCUT2D eigenvalue weighted by Gasteiger charge is 2.20. The van der Waals surface area contributed by atoms with Gasteiger partial charge >= 0.3 is 0 Å². The molecule has 6 heteroatoms. The first-order valence-electron chi connectivity index (χ1n) is 6.90. The van der Waals surface area contributed by atoms with Crippen molar-refractivity contribution in [2.45, 2.75) is 32.0 Å². The fourth-order valence-corrected chi connectivity index (χ4v) is 3.64. The molecular formula is C16H17NO4S. The maximum absolute atomic E-state index is 12.5. The third-order valence-corrected chi connectivity index (χ3v) is 5.24. The van der Waals surface area contributed by atoms with Crippen LogP contribution in [0.1, 0.15) is 22.3 Å². The van der Waals surface area contributed by atoms with E-state index in [4.69, 9.17) is 4.74 Å². The molecule has 1 heterocycles. The van der Waals surface area contributed by atoms with Crippen LogP contribution < -0.4 is 4.72 Å². The molecule has 0 spiro atoms. The summed E-state index contributed by atoms with van der Waals surface area (Å²) in [6.45, 7) is 4.40. The number of benzene rings is 2. The van der Waals surface area contributed by atoms with Gasteiger partial charge in [0.25, 0.3) is 10.0 Å². The Morgan fingerprint density at radius 2 is 1.82 bits per heavy atom. The van der Waals surface area contributed by atoms with E-state index in [1.165, 1.54) is 0 Å². The first-order valence-corrected chi connectivity index (χ1v) is 8.38. The number of hydrogen-bond donors (Lipinski definition) is 2. The van der Waals surface area contributed by atoms with Crippen LogP contribution in [0.3, 0.4) is 0 Å². The molecule has 0 radical (unpaired) electrons. The number of aryl methyl sites for hydroxylation is 1. The van der Waals surface area contributed by atoms with Crippen LogP contribution in [0.25, 0.3) is 0 Å². The number of fused-ring (bicyclic) bond motifs is 1. The first-order chi connectivity index (χ1) is 10.4. The van der Waals surface area contributed by atoms with Crippen LogP contribution in [0.5, 0.6) is 5.75 Å². The van der Waals surface area contributed by atoms with Gasteiger partial charge in [0.15, 0.2) is 0 Å². The molecule has 2 aromatic rings. The van der Waals surface area contributed by atoms with Gasteiger partial charge in [-0.05, 0) is 48.7 Å². The third-order valence-electron chi connectivity index (χ3n) is 3.88. The summed E-state index contributed by atoms with van der Waals surface area (Å²) in [5, 5.41) is 9.93. The second-order valence-electron chi connectivity index (χ2n) is 5.43. The van der Waals surface area contributed by atoms with Gasteiger partial charge in [-0.3, -0.25) is 4.72 Å². The van der Waals surface area contributed by atoms with Crippen LogP contribution in [0.4, 0.5) is 5.69 Å². The number of anilines is 1. The average Bonchev–Trinajstić information content (AvgIpc) is 2.95. The first kappa shape index (κ1) is 14.9. The Morgan fingerprint density at radius 1 is 1.09 bits per heavy atom. The fourth-order valence-electron chi connectivity index (χ4n) is 2.47. The number of hydrogen-bond acceptors (Lipinski definition) is 4. The van der Waals surface area contributed by atoms with Crippen LogP contribution in [-0.4, -0.2) is 13.5 Å². The van der Waals surface area contributed by atoms with Crippen molar-refractivity contribution in [3.63, 3.8) is 0 Å². The zero-order chi connectivity index (χ0) is 15.9. The summed E-state index contributed by atoms with van der Waals surface area (Å²) in [4.78, 5) is 0.191. The predicted molar refractivity (Wildman–Crippen MR) is 83.3 cm³/mol. The molecule has 3 rings (SSSR count). The summed E-state index contributed by atoms with van der Waals surface area (Å²) in [6.07, 6.45) is 0. The molecule has 0 unspecified atom stereocenters. The molecule has 0 bridgehead atoms. The molecule has 2 aromatic carbocycles. The Labute approximate surface area is 129 Å². The lowest BCUT2D eigenvalue weighted by Crippen LogP contribution is -2.14. The Kier molecular flexibility index (Phi) is 3.58. The monoisotopic (exact) mass is 319 g/mol. The molecule has 2 N–H and O–H groups in total. The molecule has 1 aliphatic heterocycles. The van der Waals surface area contributed by atoms with Gasteiger partial charge in [-0.2, -0.15) is 0 Å². The molecule has 0 saturated carbocycles. The van der Waals surface area contributed by atoms with Gasteiger partial charge in [0, 0.05) is 5.56 Å². The second-order valence-corrected chi connectivity index (χ2v) is 7.11. The SMILES string of the molecule is Cc1ccc(NS(=O)(=O)c2ccc3c(c2)COC3)c(C)c1O. The molecule has 116 valence electrons. The average molecular weight is 319 g/mol. The lowest BCUT2D eigenvalue weighted by Gasteiger charge is -2.13. The van der Waals surface area contributed by atoms with Crippen molar-refractivity contribution in [2.75, 3.05) is 4.72 Å². The highest BCUT2D eigenvalue weighted by atomic mass is 32.2. The van der Waals surface area contributed by atoms with Crippen LogP contribution in [-0.2, 0) is 28.0 Å². The van der Waals surface area contributed by atoms with Gasteiger partial charge in [0.1, 0.15) is 5.75 Å². The standard InChI is InChI=1S/C16H17NO4S/c1-10-3-6-15(11(2)16(10)18)17-22(19,20)14-5-4-12-8-21-9-13(12)7-14/h3-7,17-18H,8-9H2,1-2H3. The zero-order valence-electron chi connectivity index (χ0n) is 12.4. The van der Waals surface area contributed by atoms with Gasteiger partial charge in [0.2, 0.25) is 0 Å². The Balaban J connectivity index is 1.96. The topological polar surface area (TPSA) is 75.6 Å². The summed E-state index contributed by atoms with van der Waals surface area (Å²) in [7, 11) is -3.70. The minimum absolute atomic E-state index is 0.0996. The highest BCUT2D eigenvalue weighted by molar-refractivity contribution is 7.92. The van der Waals surface area contributed by atoms with Crippen molar-refractivity contribution in [3.05, 3.63) is 52.6 Å². The van der Waals surface area contributed by atoms with Crippen molar-refractivity contribution in [1.82, 2.24) is 0 Å². The van der Waals surface area contributed by atoms with Crippen molar-refractivity contribution in [2.24, 2.45) is 0 Å². The van der Waals surface area contributed by atoms with Gasteiger partial charge in [0.05, 0.1) is 23.8 Å². The smallest absolute Gasteiger partial charge is 0.261 e. The molecule has 0 amide bonds. The Hall–Kier alpha value is -2.05. The molecule has 0 aliphatic carbocycles. The van der Waals surface area contributed by atoms with E-state index in [-0.39, 0.29) is 10.6 Å². The van der Waals surface area contributed by atoms with E-state index in [1.54, 1.807) is 44.2 Å². The maximum atomic E-state index is 12.5. The molecule has 0 atom stereocenters. The highest BCUT2D eigenvalue weighted by Crippen LogP contribution is 2.30. The zero-order valence-corrected chi connectivity index (χ0v) is 13.2. The normalized spacial score (nSPS) is 13.9. The van der Waals surface area contributed by atoms with E-state index in [2.05, 4.69) is 4.72 Å². The van der Waals surface area contributed by atoms with Crippen LogP contribution in [0.2, 0.25) is 0 Å². The molecule has 1 aliphatic rings. The molecule has 0 saturated heterocycles. The van der Waals surface area contributed by atoms with Crippen molar-refractivity contribution >= 4 is 15.7 Å². The molecule has 0 fully saturated rings. The van der Waals surface area contributed by atoms with Crippen molar-refractivity contribution < 1.29 is 18.3 Å². The number of phenols is 1. The molecule has 0 aromatic heterocycles. The van der Waals surface area contributed by atoms with Crippen LogP contribution >= 0.6 is 0 Å². The van der Waals surface area contributed by atoms with E-state index >= 15 is 0 Å². The summed E-state index contributed by atoms with van der Waals surface area (Å²) in [6, 6.07) is 8.30. The lowest BCUT2D eigenvalue weighted by atomic mass is 10.1. The summed E-state index contributed by atoms with van der Waals surface area (Å²) < 4.78 is 32.9. The van der Waals surface area contributed by atoms with Crippen molar-refractivity contribution in [1.29, 1.82) is 0 Å². The van der Waals surface area contributed by atoms with Crippen LogP contribution in [0.15, 0.2) is 35.2 Å². The number of rotatable bonds is 3. The minimum atomic E-state index is -3.70. The maximum Gasteiger partial charge on any atom is 0.261 e. The Bertz CT molecular complexity index is 843. The van der Waals surface area contributed by atoms with E-state index < -0.39 is 10.0 Å². The summed E-state index contributed by atoms with van der Waals surface area (Å²) in [5.41, 5.74) is 3.50. The molecule has 22 heavy (non-hydrogen) atoms. The van der Waals surface area contributed by atoms with E-state index in [0.717, 1.165) is 11.1 Å². The van der Waals surface area contributed by atoms with Gasteiger partial charge in [-0.25, -0.2) is 8.42 Å². The largest absolute Gasteiger partial charge is 0.507 e. The van der Waals surface area contributed by atoms with Gasteiger partial charge < -0.3 is 9.84 Å². The van der Waals surface area contributed by atoms with Gasteiger partial charge in [-0.15, -0.1) is 0 Å². The predicted octanol–water partition coefficient (Wildman–Crippen LogP) is 2.84. The van der Waals surface area contributed by atoms with E-state index in [9.17, 15) is 13.5 Å². The number of aromatic hydroxyl groups is 1. The quantitative estimate of drug-likeness (QED) is 0.912.